The zero-order valence-corrected chi connectivity index (χ0v) is 8.13. The van der Waals surface area contributed by atoms with Gasteiger partial charge in [-0.25, -0.2) is 0 Å². The standard InChI is InChI=1S/C9H18N2O/c1-9(2,3)4-8-11-6-7(5-10)12-8/h7H,4-6,10H2,1-3H3. The molecule has 0 aliphatic carbocycles. The fourth-order valence-electron chi connectivity index (χ4n) is 1.14. The molecule has 1 aliphatic heterocycles. The highest BCUT2D eigenvalue weighted by atomic mass is 16.5. The van der Waals surface area contributed by atoms with E-state index in [2.05, 4.69) is 25.8 Å². The summed E-state index contributed by atoms with van der Waals surface area (Å²) in [4.78, 5) is 4.29. The third kappa shape index (κ3) is 2.81. The van der Waals surface area contributed by atoms with E-state index in [9.17, 15) is 0 Å². The van der Waals surface area contributed by atoms with Gasteiger partial charge in [0.1, 0.15) is 6.10 Å². The molecule has 2 N–H and O–H groups in total. The Kier molecular flexibility index (Phi) is 2.73. The van der Waals surface area contributed by atoms with E-state index in [1.807, 2.05) is 0 Å². The molecule has 1 heterocycles. The second-order valence-electron chi connectivity index (χ2n) is 4.45. The van der Waals surface area contributed by atoms with Crippen LogP contribution in [0.15, 0.2) is 4.99 Å². The van der Waals surface area contributed by atoms with Crippen LogP contribution in [0.3, 0.4) is 0 Å². The van der Waals surface area contributed by atoms with E-state index in [1.54, 1.807) is 0 Å². The van der Waals surface area contributed by atoms with Crippen molar-refractivity contribution >= 4 is 5.90 Å². The van der Waals surface area contributed by atoms with Crippen molar-refractivity contribution in [2.45, 2.75) is 33.3 Å². The fraction of sp³-hybridized carbons (Fsp3) is 0.889. The van der Waals surface area contributed by atoms with Gasteiger partial charge in [-0.3, -0.25) is 4.99 Å². The quantitative estimate of drug-likeness (QED) is 0.676. The summed E-state index contributed by atoms with van der Waals surface area (Å²) in [5.41, 5.74) is 5.71. The highest BCUT2D eigenvalue weighted by molar-refractivity contribution is 5.78. The van der Waals surface area contributed by atoms with Crippen molar-refractivity contribution in [3.8, 4) is 0 Å². The van der Waals surface area contributed by atoms with Crippen molar-refractivity contribution in [1.82, 2.24) is 0 Å². The average Bonchev–Trinajstić information content (AvgIpc) is 2.32. The molecular formula is C9H18N2O. The molecule has 1 unspecified atom stereocenters. The Morgan fingerprint density at radius 2 is 2.25 bits per heavy atom. The van der Waals surface area contributed by atoms with Crippen LogP contribution in [0.1, 0.15) is 27.2 Å². The molecule has 3 heteroatoms. The number of nitrogens with two attached hydrogens (primary N) is 1. The molecule has 0 aromatic heterocycles. The Balaban J connectivity index is 2.37. The number of hydrogen-bond acceptors (Lipinski definition) is 3. The molecule has 0 spiro atoms. The molecular weight excluding hydrogens is 152 g/mol. The molecule has 0 saturated heterocycles. The highest BCUT2D eigenvalue weighted by Gasteiger charge is 2.22. The van der Waals surface area contributed by atoms with Crippen molar-refractivity contribution in [2.75, 3.05) is 13.1 Å². The largest absolute Gasteiger partial charge is 0.474 e. The summed E-state index contributed by atoms with van der Waals surface area (Å²) in [6.45, 7) is 7.83. The summed E-state index contributed by atoms with van der Waals surface area (Å²) in [6, 6.07) is 0. The predicted molar refractivity (Wildman–Crippen MR) is 50.3 cm³/mol. The van der Waals surface area contributed by atoms with Gasteiger partial charge in [0.2, 0.25) is 0 Å². The van der Waals surface area contributed by atoms with Crippen molar-refractivity contribution in [1.29, 1.82) is 0 Å². The van der Waals surface area contributed by atoms with Gasteiger partial charge in [-0.2, -0.15) is 0 Å². The lowest BCUT2D eigenvalue weighted by atomic mass is 9.92. The number of ether oxygens (including phenoxy) is 1. The van der Waals surface area contributed by atoms with Gasteiger partial charge in [-0.05, 0) is 5.41 Å². The normalized spacial score (nSPS) is 23.7. The molecule has 0 bridgehead atoms. The molecule has 1 atom stereocenters. The van der Waals surface area contributed by atoms with Gasteiger partial charge in [-0.15, -0.1) is 0 Å². The average molecular weight is 170 g/mol. The number of hydrogen-bond donors (Lipinski definition) is 1. The van der Waals surface area contributed by atoms with Crippen LogP contribution in [-0.2, 0) is 4.74 Å². The molecule has 1 rings (SSSR count). The molecule has 0 radical (unpaired) electrons. The molecule has 0 saturated carbocycles. The van der Waals surface area contributed by atoms with Crippen molar-refractivity contribution in [2.24, 2.45) is 16.1 Å². The van der Waals surface area contributed by atoms with Crippen LogP contribution in [0.2, 0.25) is 0 Å². The maximum atomic E-state index is 5.51. The van der Waals surface area contributed by atoms with E-state index in [0.717, 1.165) is 18.9 Å². The lowest BCUT2D eigenvalue weighted by Gasteiger charge is -2.18. The van der Waals surface area contributed by atoms with Crippen molar-refractivity contribution < 1.29 is 4.74 Å². The first-order chi connectivity index (χ1) is 5.51. The number of nitrogens with zero attached hydrogens (tertiary/aromatic N) is 1. The monoisotopic (exact) mass is 170 g/mol. The second-order valence-corrected chi connectivity index (χ2v) is 4.45. The van der Waals surface area contributed by atoms with Crippen LogP contribution in [-0.4, -0.2) is 25.1 Å². The number of aliphatic imine (C=N–C) groups is 1. The van der Waals surface area contributed by atoms with E-state index in [0.29, 0.717) is 6.54 Å². The smallest absolute Gasteiger partial charge is 0.184 e. The van der Waals surface area contributed by atoms with Crippen LogP contribution in [0.4, 0.5) is 0 Å². The van der Waals surface area contributed by atoms with Crippen LogP contribution in [0.25, 0.3) is 0 Å². The van der Waals surface area contributed by atoms with Gasteiger partial charge in [-0.1, -0.05) is 20.8 Å². The zero-order chi connectivity index (χ0) is 9.19. The third-order valence-corrected chi connectivity index (χ3v) is 1.72. The molecule has 12 heavy (non-hydrogen) atoms. The van der Waals surface area contributed by atoms with Gasteiger partial charge in [0.15, 0.2) is 5.90 Å². The zero-order valence-electron chi connectivity index (χ0n) is 8.13. The van der Waals surface area contributed by atoms with Gasteiger partial charge in [0.05, 0.1) is 6.54 Å². The Bertz CT molecular complexity index is 181. The minimum Gasteiger partial charge on any atom is -0.474 e. The molecule has 70 valence electrons. The number of rotatable bonds is 2. The Morgan fingerprint density at radius 1 is 1.58 bits per heavy atom. The second kappa shape index (κ2) is 3.44. The van der Waals surface area contributed by atoms with Gasteiger partial charge >= 0.3 is 0 Å². The van der Waals surface area contributed by atoms with Crippen LogP contribution >= 0.6 is 0 Å². The van der Waals surface area contributed by atoms with Gasteiger partial charge in [0, 0.05) is 13.0 Å². The molecule has 0 aromatic rings. The maximum Gasteiger partial charge on any atom is 0.184 e. The maximum absolute atomic E-state index is 5.51. The predicted octanol–water partition coefficient (Wildman–Crippen LogP) is 1.18. The van der Waals surface area contributed by atoms with E-state index >= 15 is 0 Å². The first-order valence-electron chi connectivity index (χ1n) is 4.41. The topological polar surface area (TPSA) is 47.6 Å². The van der Waals surface area contributed by atoms with Crippen molar-refractivity contribution in [3.05, 3.63) is 0 Å². The molecule has 3 nitrogen and oxygen atoms in total. The molecule has 0 amide bonds. The lowest BCUT2D eigenvalue weighted by Crippen LogP contribution is -2.24. The Labute approximate surface area is 74.0 Å². The third-order valence-electron chi connectivity index (χ3n) is 1.72. The summed E-state index contributed by atoms with van der Waals surface area (Å²) in [5.74, 6) is 0.873. The summed E-state index contributed by atoms with van der Waals surface area (Å²) >= 11 is 0. The van der Waals surface area contributed by atoms with Crippen LogP contribution in [0, 0.1) is 5.41 Å². The summed E-state index contributed by atoms with van der Waals surface area (Å²) < 4.78 is 5.51. The summed E-state index contributed by atoms with van der Waals surface area (Å²) in [6.07, 6.45) is 1.03. The molecule has 0 fully saturated rings. The van der Waals surface area contributed by atoms with E-state index in [1.165, 1.54) is 0 Å². The fourth-order valence-corrected chi connectivity index (χ4v) is 1.14. The highest BCUT2D eigenvalue weighted by Crippen LogP contribution is 2.22. The minimum atomic E-state index is 0.127. The van der Waals surface area contributed by atoms with E-state index in [4.69, 9.17) is 10.5 Å². The SMILES string of the molecule is CC(C)(C)CC1=NCC(CN)O1. The molecule has 1 aliphatic rings. The van der Waals surface area contributed by atoms with Crippen molar-refractivity contribution in [3.63, 3.8) is 0 Å². The van der Waals surface area contributed by atoms with Crippen LogP contribution in [0.5, 0.6) is 0 Å². The Morgan fingerprint density at radius 3 is 2.67 bits per heavy atom. The Hall–Kier alpha value is -0.570. The lowest BCUT2D eigenvalue weighted by molar-refractivity contribution is 0.217. The summed E-state index contributed by atoms with van der Waals surface area (Å²) in [5, 5.41) is 0. The summed E-state index contributed by atoms with van der Waals surface area (Å²) in [7, 11) is 0. The van der Waals surface area contributed by atoms with E-state index < -0.39 is 0 Å². The first kappa shape index (κ1) is 9.52. The molecule has 0 aromatic carbocycles. The first-order valence-corrected chi connectivity index (χ1v) is 4.41. The van der Waals surface area contributed by atoms with E-state index in [-0.39, 0.29) is 11.5 Å². The van der Waals surface area contributed by atoms with Gasteiger partial charge < -0.3 is 10.5 Å². The minimum absolute atomic E-state index is 0.127. The van der Waals surface area contributed by atoms with Crippen LogP contribution < -0.4 is 5.73 Å². The van der Waals surface area contributed by atoms with Gasteiger partial charge in [0.25, 0.3) is 0 Å².